The van der Waals surface area contributed by atoms with E-state index in [0.29, 0.717) is 11.7 Å². The number of ketones is 1. The highest BCUT2D eigenvalue weighted by Crippen LogP contribution is 2.25. The fourth-order valence-electron chi connectivity index (χ4n) is 3.50. The van der Waals surface area contributed by atoms with Crippen molar-refractivity contribution in [1.29, 1.82) is 0 Å². The number of allylic oxidation sites excluding steroid dienone is 1. The predicted octanol–water partition coefficient (Wildman–Crippen LogP) is 6.28. The van der Waals surface area contributed by atoms with Gasteiger partial charge in [0.05, 0.1) is 11.3 Å². The summed E-state index contributed by atoms with van der Waals surface area (Å²) in [5, 5.41) is 0.0414. The van der Waals surface area contributed by atoms with Crippen LogP contribution in [0.15, 0.2) is 66.2 Å². The Morgan fingerprint density at radius 3 is 2.18 bits per heavy atom. The van der Waals surface area contributed by atoms with Gasteiger partial charge in [-0.05, 0) is 55.9 Å². The number of benzene rings is 2. The van der Waals surface area contributed by atoms with E-state index < -0.39 is 11.4 Å². The summed E-state index contributed by atoms with van der Waals surface area (Å²) in [6.45, 7) is 11.6. The van der Waals surface area contributed by atoms with Crippen molar-refractivity contribution in [3.05, 3.63) is 82.9 Å². The van der Waals surface area contributed by atoms with Crippen molar-refractivity contribution in [2.45, 2.75) is 59.3 Å². The van der Waals surface area contributed by atoms with Crippen LogP contribution in [0.3, 0.4) is 0 Å². The maximum atomic E-state index is 12.7. The van der Waals surface area contributed by atoms with Gasteiger partial charge in [-0.25, -0.2) is 4.79 Å². The summed E-state index contributed by atoms with van der Waals surface area (Å²) in [7, 11) is 0. The Kier molecular flexibility index (Phi) is 10.3. The van der Waals surface area contributed by atoms with Gasteiger partial charge in [0.1, 0.15) is 6.61 Å². The van der Waals surface area contributed by atoms with Crippen molar-refractivity contribution in [1.82, 2.24) is 0 Å². The number of ether oxygens (including phenoxy) is 1. The third-order valence-corrected chi connectivity index (χ3v) is 6.83. The van der Waals surface area contributed by atoms with Gasteiger partial charge in [0.2, 0.25) is 0 Å². The van der Waals surface area contributed by atoms with Gasteiger partial charge in [-0.15, -0.1) is 0 Å². The standard InChI is InChI=1S/C29H36O4S/c1-20(2)18-23-12-14-24(15-13-23)22(4)28(32)34-17-16-33-27(31)21(3)19-26(30)29(5,6)25-10-8-7-9-11-25/h7-15,19-20,22H,16-18H2,1-6H3/b21-19+. The lowest BCUT2D eigenvalue weighted by atomic mass is 9.80. The molecule has 2 aromatic carbocycles. The molecule has 5 heteroatoms. The number of hydrogen-bond acceptors (Lipinski definition) is 5. The molecule has 0 saturated heterocycles. The van der Waals surface area contributed by atoms with E-state index in [-0.39, 0.29) is 29.0 Å². The van der Waals surface area contributed by atoms with Gasteiger partial charge < -0.3 is 4.74 Å². The summed E-state index contributed by atoms with van der Waals surface area (Å²) >= 11 is 1.16. The third-order valence-electron chi connectivity index (χ3n) is 5.82. The van der Waals surface area contributed by atoms with Gasteiger partial charge in [-0.2, -0.15) is 0 Å². The van der Waals surface area contributed by atoms with E-state index in [4.69, 9.17) is 4.74 Å². The third kappa shape index (κ3) is 7.98. The zero-order chi connectivity index (χ0) is 25.3. The van der Waals surface area contributed by atoms with Gasteiger partial charge in [-0.1, -0.05) is 87.1 Å². The minimum atomic E-state index is -0.742. The molecule has 0 heterocycles. The van der Waals surface area contributed by atoms with Gasteiger partial charge >= 0.3 is 5.97 Å². The Hall–Kier alpha value is -2.66. The normalized spacial score (nSPS) is 13.0. The molecule has 2 rings (SSSR count). The van der Waals surface area contributed by atoms with Crippen LogP contribution in [0.25, 0.3) is 0 Å². The van der Waals surface area contributed by atoms with Crippen LogP contribution in [0.4, 0.5) is 0 Å². The molecular weight excluding hydrogens is 444 g/mol. The highest BCUT2D eigenvalue weighted by Gasteiger charge is 2.28. The largest absolute Gasteiger partial charge is 0.461 e. The van der Waals surface area contributed by atoms with E-state index in [9.17, 15) is 14.4 Å². The smallest absolute Gasteiger partial charge is 0.333 e. The summed E-state index contributed by atoms with van der Waals surface area (Å²) in [6.07, 6.45) is 2.37. The number of thioether (sulfide) groups is 1. The first-order valence-corrected chi connectivity index (χ1v) is 12.7. The van der Waals surface area contributed by atoms with Crippen LogP contribution in [0.2, 0.25) is 0 Å². The second-order valence-electron chi connectivity index (χ2n) is 9.55. The molecule has 182 valence electrons. The van der Waals surface area contributed by atoms with E-state index in [2.05, 4.69) is 26.0 Å². The first-order chi connectivity index (χ1) is 16.0. The molecule has 1 atom stereocenters. The monoisotopic (exact) mass is 480 g/mol. The molecule has 4 nitrogen and oxygen atoms in total. The molecule has 0 N–H and O–H groups in total. The van der Waals surface area contributed by atoms with Crippen LogP contribution < -0.4 is 0 Å². The van der Waals surface area contributed by atoms with Gasteiger partial charge in [0.25, 0.3) is 0 Å². The fraction of sp³-hybridized carbons (Fsp3) is 0.414. The average Bonchev–Trinajstić information content (AvgIpc) is 2.81. The first kappa shape index (κ1) is 27.6. The first-order valence-electron chi connectivity index (χ1n) is 11.7. The summed E-state index contributed by atoms with van der Waals surface area (Å²) in [5.74, 6) is 0.0326. The topological polar surface area (TPSA) is 60.4 Å². The summed E-state index contributed by atoms with van der Waals surface area (Å²) < 4.78 is 5.28. The molecule has 0 spiro atoms. The van der Waals surface area contributed by atoms with Crippen LogP contribution in [0.1, 0.15) is 64.2 Å². The summed E-state index contributed by atoms with van der Waals surface area (Å²) in [6, 6.07) is 17.7. The summed E-state index contributed by atoms with van der Waals surface area (Å²) in [4.78, 5) is 37.6. The number of rotatable bonds is 11. The predicted molar refractivity (Wildman–Crippen MR) is 140 cm³/mol. The molecular formula is C29H36O4S. The Morgan fingerprint density at radius 1 is 0.971 bits per heavy atom. The number of hydrogen-bond donors (Lipinski definition) is 0. The zero-order valence-electron chi connectivity index (χ0n) is 21.1. The maximum Gasteiger partial charge on any atom is 0.333 e. The molecule has 0 aliphatic rings. The minimum Gasteiger partial charge on any atom is -0.461 e. The average molecular weight is 481 g/mol. The fourth-order valence-corrected chi connectivity index (χ4v) is 4.25. The minimum absolute atomic E-state index is 0.0414. The van der Waals surface area contributed by atoms with Crippen molar-refractivity contribution in [2.75, 3.05) is 12.4 Å². The van der Waals surface area contributed by atoms with Crippen molar-refractivity contribution in [3.8, 4) is 0 Å². The Morgan fingerprint density at radius 2 is 1.59 bits per heavy atom. The van der Waals surface area contributed by atoms with Crippen molar-refractivity contribution in [3.63, 3.8) is 0 Å². The Bertz CT molecular complexity index is 1000. The van der Waals surface area contributed by atoms with Crippen LogP contribution in [-0.4, -0.2) is 29.2 Å². The van der Waals surface area contributed by atoms with Crippen LogP contribution in [0, 0.1) is 5.92 Å². The molecule has 0 saturated carbocycles. The van der Waals surface area contributed by atoms with Gasteiger partial charge in [-0.3, -0.25) is 9.59 Å². The number of carbonyl (C=O) groups excluding carboxylic acids is 3. The molecule has 0 amide bonds. The quantitative estimate of drug-likeness (QED) is 0.215. The van der Waals surface area contributed by atoms with Crippen LogP contribution >= 0.6 is 11.8 Å². The van der Waals surface area contributed by atoms with E-state index >= 15 is 0 Å². The Labute approximate surface area is 208 Å². The lowest BCUT2D eigenvalue weighted by molar-refractivity contribution is -0.138. The van der Waals surface area contributed by atoms with Crippen molar-refractivity contribution < 1.29 is 19.1 Å². The molecule has 0 aliphatic heterocycles. The lowest BCUT2D eigenvalue weighted by Crippen LogP contribution is -2.28. The van der Waals surface area contributed by atoms with Crippen molar-refractivity contribution in [2.24, 2.45) is 5.92 Å². The van der Waals surface area contributed by atoms with E-state index in [1.807, 2.05) is 63.2 Å². The molecule has 1 unspecified atom stereocenters. The lowest BCUT2D eigenvalue weighted by Gasteiger charge is -2.22. The van der Waals surface area contributed by atoms with Crippen LogP contribution in [-0.2, 0) is 31.0 Å². The molecule has 0 radical (unpaired) electrons. The van der Waals surface area contributed by atoms with E-state index in [1.165, 1.54) is 11.6 Å². The summed E-state index contributed by atoms with van der Waals surface area (Å²) in [5.41, 5.74) is 2.65. The SMILES string of the molecule is C/C(=C\C(=O)C(C)(C)c1ccccc1)C(=O)OCCSC(=O)C(C)c1ccc(CC(C)C)cc1. The zero-order valence-corrected chi connectivity index (χ0v) is 21.9. The number of esters is 1. The van der Waals surface area contributed by atoms with Gasteiger partial charge in [0.15, 0.2) is 10.9 Å². The van der Waals surface area contributed by atoms with E-state index in [0.717, 1.165) is 29.3 Å². The molecule has 0 aliphatic carbocycles. The molecule has 2 aromatic rings. The van der Waals surface area contributed by atoms with Gasteiger partial charge in [0, 0.05) is 11.3 Å². The molecule has 0 bridgehead atoms. The van der Waals surface area contributed by atoms with E-state index in [1.54, 1.807) is 6.92 Å². The van der Waals surface area contributed by atoms with Crippen molar-refractivity contribution >= 4 is 28.6 Å². The molecule has 34 heavy (non-hydrogen) atoms. The second kappa shape index (κ2) is 12.7. The highest BCUT2D eigenvalue weighted by atomic mass is 32.2. The van der Waals surface area contributed by atoms with Crippen LogP contribution in [0.5, 0.6) is 0 Å². The number of carbonyl (C=O) groups is 3. The Balaban J connectivity index is 1.81. The molecule has 0 fully saturated rings. The molecule has 0 aromatic heterocycles. The maximum absolute atomic E-state index is 12.7. The highest BCUT2D eigenvalue weighted by molar-refractivity contribution is 8.13. The second-order valence-corrected chi connectivity index (χ2v) is 10.6.